The number of fused-ring (bicyclic) bond motifs is 1. The fourth-order valence-corrected chi connectivity index (χ4v) is 4.51. The number of hydrogen-bond donors (Lipinski definition) is 1. The Morgan fingerprint density at radius 2 is 1.97 bits per heavy atom. The molecule has 0 radical (unpaired) electrons. The summed E-state index contributed by atoms with van der Waals surface area (Å²) in [5.41, 5.74) is 3.09. The molecule has 2 aliphatic rings. The molecule has 1 saturated heterocycles. The molecule has 2 aromatic rings. The van der Waals surface area contributed by atoms with Crippen LogP contribution in [0.3, 0.4) is 0 Å². The number of carbonyl (C=O) groups is 1. The zero-order valence-corrected chi connectivity index (χ0v) is 17.2. The van der Waals surface area contributed by atoms with Crippen LogP contribution in [-0.2, 0) is 17.6 Å². The average Bonchev–Trinajstić information content (AvgIpc) is 2.73. The SMILES string of the molecule is CN(C)C[C@@H]1OCCN(C(=O)c2cc3c([nH]c2=O)CCCC3)[C@H]1c1ccccc1. The zero-order valence-electron chi connectivity index (χ0n) is 17.2. The fourth-order valence-electron chi connectivity index (χ4n) is 4.51. The summed E-state index contributed by atoms with van der Waals surface area (Å²) in [7, 11) is 4.00. The smallest absolute Gasteiger partial charge is 0.261 e. The number of aromatic nitrogens is 1. The van der Waals surface area contributed by atoms with E-state index in [1.165, 1.54) is 0 Å². The number of benzene rings is 1. The maximum absolute atomic E-state index is 13.6. The number of H-pyrrole nitrogens is 1. The summed E-state index contributed by atoms with van der Waals surface area (Å²) >= 11 is 0. The lowest BCUT2D eigenvalue weighted by molar-refractivity contribution is -0.0685. The highest BCUT2D eigenvalue weighted by Crippen LogP contribution is 2.31. The van der Waals surface area contributed by atoms with Gasteiger partial charge in [0.1, 0.15) is 5.56 Å². The van der Waals surface area contributed by atoms with Gasteiger partial charge in [-0.05, 0) is 57.0 Å². The Morgan fingerprint density at radius 1 is 1.21 bits per heavy atom. The quantitative estimate of drug-likeness (QED) is 0.863. The molecular weight excluding hydrogens is 366 g/mol. The summed E-state index contributed by atoms with van der Waals surface area (Å²) in [5.74, 6) is -0.208. The molecule has 1 fully saturated rings. The van der Waals surface area contributed by atoms with E-state index in [9.17, 15) is 9.59 Å². The van der Waals surface area contributed by atoms with Gasteiger partial charge in [-0.25, -0.2) is 0 Å². The first-order chi connectivity index (χ1) is 14.0. The molecule has 2 atom stereocenters. The van der Waals surface area contributed by atoms with Gasteiger partial charge in [-0.2, -0.15) is 0 Å². The van der Waals surface area contributed by atoms with E-state index in [1.54, 1.807) is 0 Å². The molecule has 1 aliphatic carbocycles. The second kappa shape index (κ2) is 8.51. The molecule has 0 unspecified atom stereocenters. The maximum Gasteiger partial charge on any atom is 0.261 e. The second-order valence-corrected chi connectivity index (χ2v) is 8.25. The molecule has 1 aromatic carbocycles. The van der Waals surface area contributed by atoms with Crippen molar-refractivity contribution in [2.75, 3.05) is 33.8 Å². The molecule has 1 amide bonds. The van der Waals surface area contributed by atoms with E-state index in [0.717, 1.165) is 42.5 Å². The van der Waals surface area contributed by atoms with Gasteiger partial charge in [-0.3, -0.25) is 9.59 Å². The minimum atomic E-state index is -0.280. The van der Waals surface area contributed by atoms with Crippen molar-refractivity contribution < 1.29 is 9.53 Å². The van der Waals surface area contributed by atoms with Crippen LogP contribution in [0, 0.1) is 0 Å². The van der Waals surface area contributed by atoms with Gasteiger partial charge in [-0.1, -0.05) is 30.3 Å². The van der Waals surface area contributed by atoms with Crippen LogP contribution in [0.25, 0.3) is 0 Å². The van der Waals surface area contributed by atoms with Gasteiger partial charge >= 0.3 is 0 Å². The largest absolute Gasteiger partial charge is 0.373 e. The van der Waals surface area contributed by atoms with Crippen molar-refractivity contribution in [2.45, 2.75) is 37.8 Å². The average molecular weight is 396 g/mol. The third-order valence-corrected chi connectivity index (χ3v) is 5.87. The fraction of sp³-hybridized carbons (Fsp3) is 0.478. The number of aryl methyl sites for hydroxylation is 2. The monoisotopic (exact) mass is 395 g/mol. The minimum Gasteiger partial charge on any atom is -0.373 e. The van der Waals surface area contributed by atoms with Gasteiger partial charge in [0.2, 0.25) is 0 Å². The third kappa shape index (κ3) is 4.14. The van der Waals surface area contributed by atoms with Gasteiger partial charge in [0, 0.05) is 18.8 Å². The molecular formula is C23H29N3O3. The highest BCUT2D eigenvalue weighted by atomic mass is 16.5. The number of nitrogens with one attached hydrogen (secondary N) is 1. The molecule has 0 spiro atoms. The summed E-state index contributed by atoms with van der Waals surface area (Å²) < 4.78 is 6.07. The van der Waals surface area contributed by atoms with Crippen LogP contribution in [0.2, 0.25) is 0 Å². The number of ether oxygens (including phenoxy) is 1. The topological polar surface area (TPSA) is 65.6 Å². The second-order valence-electron chi connectivity index (χ2n) is 8.25. The van der Waals surface area contributed by atoms with Gasteiger partial charge in [0.05, 0.1) is 18.8 Å². The zero-order chi connectivity index (χ0) is 20.4. The normalized spacial score (nSPS) is 21.8. The van der Waals surface area contributed by atoms with E-state index in [-0.39, 0.29) is 29.2 Å². The lowest BCUT2D eigenvalue weighted by Gasteiger charge is -2.42. The molecule has 4 rings (SSSR count). The first-order valence-electron chi connectivity index (χ1n) is 10.4. The number of rotatable bonds is 4. The Kier molecular flexibility index (Phi) is 5.83. The summed E-state index contributed by atoms with van der Waals surface area (Å²) in [4.78, 5) is 33.2. The Hall–Kier alpha value is -2.44. The molecule has 29 heavy (non-hydrogen) atoms. The van der Waals surface area contributed by atoms with Crippen LogP contribution in [0.4, 0.5) is 0 Å². The van der Waals surface area contributed by atoms with Crippen LogP contribution in [0.1, 0.15) is 46.1 Å². The van der Waals surface area contributed by atoms with Crippen molar-refractivity contribution >= 4 is 5.91 Å². The van der Waals surface area contributed by atoms with E-state index >= 15 is 0 Å². The Morgan fingerprint density at radius 3 is 2.72 bits per heavy atom. The van der Waals surface area contributed by atoms with Crippen LogP contribution >= 0.6 is 0 Å². The number of hydrogen-bond acceptors (Lipinski definition) is 4. The van der Waals surface area contributed by atoms with Crippen molar-refractivity contribution in [1.82, 2.24) is 14.8 Å². The summed E-state index contributed by atoms with van der Waals surface area (Å²) in [6.45, 7) is 1.64. The number of carbonyl (C=O) groups excluding carboxylic acids is 1. The number of nitrogens with zero attached hydrogens (tertiary/aromatic N) is 2. The van der Waals surface area contributed by atoms with Gasteiger partial charge in [-0.15, -0.1) is 0 Å². The van der Waals surface area contributed by atoms with E-state index in [2.05, 4.69) is 9.88 Å². The Bertz CT molecular complexity index is 923. The molecule has 2 heterocycles. The van der Waals surface area contributed by atoms with Crippen molar-refractivity contribution in [3.63, 3.8) is 0 Å². The van der Waals surface area contributed by atoms with Gasteiger partial charge in [0.25, 0.3) is 11.5 Å². The summed E-state index contributed by atoms with van der Waals surface area (Å²) in [5, 5.41) is 0. The first kappa shape index (κ1) is 19.9. The van der Waals surface area contributed by atoms with Crippen molar-refractivity contribution in [3.8, 4) is 0 Å². The molecule has 154 valence electrons. The van der Waals surface area contributed by atoms with Crippen LogP contribution in [0.15, 0.2) is 41.2 Å². The van der Waals surface area contributed by atoms with Crippen LogP contribution in [0.5, 0.6) is 0 Å². The van der Waals surface area contributed by atoms with Crippen molar-refractivity contribution in [1.29, 1.82) is 0 Å². The lowest BCUT2D eigenvalue weighted by atomic mass is 9.93. The molecule has 6 nitrogen and oxygen atoms in total. The standard InChI is InChI=1S/C23H29N3O3/c1-25(2)15-20-21(16-8-4-3-5-9-16)26(12-13-29-20)23(28)18-14-17-10-6-7-11-19(17)24-22(18)27/h3-5,8-9,14,20-21H,6-7,10-13,15H2,1-2H3,(H,24,27)/t20-,21-/m0/s1. The van der Waals surface area contributed by atoms with Crippen molar-refractivity contribution in [3.05, 3.63) is 69.1 Å². The highest BCUT2D eigenvalue weighted by Gasteiger charge is 2.37. The molecule has 0 saturated carbocycles. The highest BCUT2D eigenvalue weighted by molar-refractivity contribution is 5.94. The third-order valence-electron chi connectivity index (χ3n) is 5.87. The number of amides is 1. The molecule has 1 N–H and O–H groups in total. The van der Waals surface area contributed by atoms with E-state index in [4.69, 9.17) is 4.74 Å². The number of pyridine rings is 1. The number of aromatic amines is 1. The first-order valence-corrected chi connectivity index (χ1v) is 10.4. The van der Waals surface area contributed by atoms with Crippen LogP contribution < -0.4 is 5.56 Å². The van der Waals surface area contributed by atoms with Gasteiger partial charge in [0.15, 0.2) is 0 Å². The van der Waals surface area contributed by atoms with Gasteiger partial charge < -0.3 is 19.5 Å². The Balaban J connectivity index is 1.71. The summed E-state index contributed by atoms with van der Waals surface area (Å²) in [6, 6.07) is 11.6. The predicted molar refractivity (Wildman–Crippen MR) is 112 cm³/mol. The van der Waals surface area contributed by atoms with E-state index in [1.807, 2.05) is 55.4 Å². The number of morpholine rings is 1. The minimum absolute atomic E-state index is 0.151. The Labute approximate surface area is 171 Å². The predicted octanol–water partition coefficient (Wildman–Crippen LogP) is 2.40. The van der Waals surface area contributed by atoms with E-state index < -0.39 is 0 Å². The molecule has 1 aliphatic heterocycles. The van der Waals surface area contributed by atoms with Crippen molar-refractivity contribution in [2.24, 2.45) is 0 Å². The maximum atomic E-state index is 13.6. The molecule has 1 aromatic heterocycles. The van der Waals surface area contributed by atoms with E-state index in [0.29, 0.717) is 19.7 Å². The van der Waals surface area contributed by atoms with Crippen LogP contribution in [-0.4, -0.2) is 60.6 Å². The lowest BCUT2D eigenvalue weighted by Crippen LogP contribution is -2.51. The number of likely N-dealkylation sites (N-methyl/N-ethyl adjacent to an activating group) is 1. The summed E-state index contributed by atoms with van der Waals surface area (Å²) in [6.07, 6.45) is 3.83. The molecule has 0 bridgehead atoms. The molecule has 6 heteroatoms.